The molecule has 1 aromatic carbocycles. The molecule has 0 bridgehead atoms. The highest BCUT2D eigenvalue weighted by atomic mass is 32.2. The van der Waals surface area contributed by atoms with Crippen molar-refractivity contribution in [3.8, 4) is 0 Å². The predicted octanol–water partition coefficient (Wildman–Crippen LogP) is 2.97. The van der Waals surface area contributed by atoms with Crippen LogP contribution in [0.15, 0.2) is 81.7 Å². The maximum Gasteiger partial charge on any atom is 0.296 e. The smallest absolute Gasteiger partial charge is 0.293 e. The lowest BCUT2D eigenvalue weighted by atomic mass is 9.92. The monoisotopic (exact) mass is 373 g/mol. The van der Waals surface area contributed by atoms with E-state index in [1.807, 2.05) is 0 Å². The fourth-order valence-corrected chi connectivity index (χ4v) is 2.87. The molecule has 3 rings (SSSR count). The molecule has 0 amide bonds. The van der Waals surface area contributed by atoms with Crippen LogP contribution in [0.1, 0.15) is 0 Å². The van der Waals surface area contributed by atoms with E-state index < -0.39 is 20.8 Å². The van der Waals surface area contributed by atoms with Crippen molar-refractivity contribution in [1.29, 1.82) is 0 Å². The van der Waals surface area contributed by atoms with Gasteiger partial charge in [-0.1, -0.05) is 24.3 Å². The Morgan fingerprint density at radius 2 is 1.77 bits per heavy atom. The standard InChI is InChI=1S/C16H11N3O6S/c20-15-8-5-10-9-11(26(23,24)25)6-7-12(10)16(15)18-17-13-3-1-2-4-14(13)19(21)22/h1-9H,(H2,23,24,25). The van der Waals surface area contributed by atoms with E-state index in [4.69, 9.17) is 0 Å². The molecule has 0 saturated carbocycles. The van der Waals surface area contributed by atoms with Crippen molar-refractivity contribution in [3.05, 3.63) is 81.6 Å². The number of carbonyl (C=O) groups is 1. The summed E-state index contributed by atoms with van der Waals surface area (Å²) >= 11 is 0. The van der Waals surface area contributed by atoms with Gasteiger partial charge in [-0.2, -0.15) is 0 Å². The fourth-order valence-electron chi connectivity index (χ4n) is 2.35. The third-order valence-electron chi connectivity index (χ3n) is 3.57. The van der Waals surface area contributed by atoms with Gasteiger partial charge in [0.05, 0.1) is 9.79 Å². The van der Waals surface area contributed by atoms with Crippen molar-refractivity contribution >= 4 is 32.1 Å². The molecule has 0 fully saturated rings. The van der Waals surface area contributed by atoms with E-state index >= 15 is 0 Å². The molecule has 1 aromatic rings. The highest BCUT2D eigenvalue weighted by Gasteiger charge is 2.22. The van der Waals surface area contributed by atoms with E-state index in [9.17, 15) is 28.2 Å². The minimum absolute atomic E-state index is 0.0146. The van der Waals surface area contributed by atoms with E-state index in [1.165, 1.54) is 48.6 Å². The van der Waals surface area contributed by atoms with Gasteiger partial charge >= 0.3 is 0 Å². The maximum absolute atomic E-state index is 12.1. The Kier molecular flexibility index (Phi) is 4.47. The molecule has 2 aliphatic carbocycles. The lowest BCUT2D eigenvalue weighted by Gasteiger charge is -2.16. The first-order chi connectivity index (χ1) is 12.3. The van der Waals surface area contributed by atoms with Gasteiger partial charge in [0.25, 0.3) is 5.69 Å². The van der Waals surface area contributed by atoms with Crippen LogP contribution in [0.3, 0.4) is 0 Å². The highest BCUT2D eigenvalue weighted by Crippen LogP contribution is 2.31. The molecular formula is C16H11N3O6S. The summed E-state index contributed by atoms with van der Waals surface area (Å²) in [5.41, 5.74) is 0.363. The van der Waals surface area contributed by atoms with Crippen molar-refractivity contribution in [3.63, 3.8) is 0 Å². The molecule has 0 spiro atoms. The molecule has 0 aromatic heterocycles. The quantitative estimate of drug-likeness (QED) is 0.361. The number of allylic oxidation sites excluding steroid dienone is 7. The average molecular weight is 373 g/mol. The van der Waals surface area contributed by atoms with Crippen LogP contribution in [0, 0.1) is 10.1 Å². The van der Waals surface area contributed by atoms with Gasteiger partial charge in [0.2, 0.25) is 15.9 Å². The van der Waals surface area contributed by atoms with Crippen molar-refractivity contribution < 1.29 is 23.0 Å². The zero-order valence-corrected chi connectivity index (χ0v) is 13.8. The second-order valence-electron chi connectivity index (χ2n) is 5.24. The number of carbonyl (C=O) groups excluding carboxylic acids is 1. The van der Waals surface area contributed by atoms with Gasteiger partial charge in [0, 0.05) is 11.6 Å². The van der Waals surface area contributed by atoms with E-state index in [2.05, 4.69) is 10.2 Å². The Hall–Kier alpha value is -3.21. The van der Waals surface area contributed by atoms with Crippen LogP contribution in [-0.4, -0.2) is 28.9 Å². The van der Waals surface area contributed by atoms with Crippen molar-refractivity contribution in [1.82, 2.24) is 0 Å². The first-order valence-corrected chi connectivity index (χ1v) is 8.62. The Morgan fingerprint density at radius 1 is 1.04 bits per heavy atom. The summed E-state index contributed by atoms with van der Waals surface area (Å²) in [6.07, 6.45) is 6.40. The third kappa shape index (κ3) is 3.42. The number of azo groups is 1. The van der Waals surface area contributed by atoms with E-state index in [0.29, 0.717) is 11.1 Å². The Morgan fingerprint density at radius 3 is 2.46 bits per heavy atom. The number of hydrogen-bond acceptors (Lipinski definition) is 6. The number of ketones is 1. The van der Waals surface area contributed by atoms with Gasteiger partial charge in [-0.3, -0.25) is 24.0 Å². The molecule has 2 aliphatic rings. The number of nitro groups is 1. The molecule has 9 nitrogen and oxygen atoms in total. The number of rotatable bonds is 3. The summed E-state index contributed by atoms with van der Waals surface area (Å²) < 4.78 is 29.8. The second-order valence-corrected chi connectivity index (χ2v) is 6.70. The van der Waals surface area contributed by atoms with Crippen LogP contribution in [-0.2, 0) is 14.9 Å². The summed E-state index contributed by atoms with van der Waals surface area (Å²) in [5, 5.41) is 18.7. The Balaban J connectivity index is 2.07. The average Bonchev–Trinajstić information content (AvgIpc) is 2.60. The topological polar surface area (TPSA) is 142 Å². The summed E-state index contributed by atoms with van der Waals surface area (Å²) in [6.45, 7) is 0. The lowest BCUT2D eigenvalue weighted by Crippen LogP contribution is -2.14. The van der Waals surface area contributed by atoms with E-state index in [-0.39, 0.29) is 21.9 Å². The third-order valence-corrected chi connectivity index (χ3v) is 4.44. The van der Waals surface area contributed by atoms with Gasteiger partial charge in [0.1, 0.15) is 5.70 Å². The Labute approximate surface area is 147 Å². The second kappa shape index (κ2) is 6.59. The molecule has 132 valence electrons. The number of benzene rings is 1. The van der Waals surface area contributed by atoms with Gasteiger partial charge in [0.15, 0.2) is 5.69 Å². The molecule has 10 heteroatoms. The zero-order valence-electron chi connectivity index (χ0n) is 13.0. The van der Waals surface area contributed by atoms with Gasteiger partial charge in [-0.25, -0.2) is 4.21 Å². The zero-order chi connectivity index (χ0) is 18.9. The molecule has 0 aliphatic heterocycles. The van der Waals surface area contributed by atoms with Crippen LogP contribution in [0.2, 0.25) is 0 Å². The number of nitrogens with zero attached hydrogens (tertiary/aromatic N) is 3. The van der Waals surface area contributed by atoms with Crippen molar-refractivity contribution in [2.24, 2.45) is 10.2 Å². The maximum atomic E-state index is 12.1. The molecule has 2 N–H and O–H groups in total. The lowest BCUT2D eigenvalue weighted by molar-refractivity contribution is -0.384. The number of hydrogen-bond donors (Lipinski definition) is 2. The van der Waals surface area contributed by atoms with Crippen molar-refractivity contribution in [2.75, 3.05) is 0 Å². The van der Waals surface area contributed by atoms with Gasteiger partial charge < -0.3 is 0 Å². The summed E-state index contributed by atoms with van der Waals surface area (Å²) in [5.74, 6) is -0.471. The molecule has 0 unspecified atom stereocenters. The van der Waals surface area contributed by atoms with Crippen LogP contribution >= 0.6 is 0 Å². The van der Waals surface area contributed by atoms with E-state index in [0.717, 1.165) is 0 Å². The molecule has 0 saturated heterocycles. The highest BCUT2D eigenvalue weighted by molar-refractivity contribution is 7.92. The first kappa shape index (κ1) is 17.6. The van der Waals surface area contributed by atoms with Gasteiger partial charge in [-0.15, -0.1) is 10.2 Å². The predicted molar refractivity (Wildman–Crippen MR) is 94.4 cm³/mol. The molecule has 0 heterocycles. The molecule has 0 radical (unpaired) electrons. The van der Waals surface area contributed by atoms with Crippen LogP contribution < -0.4 is 0 Å². The minimum Gasteiger partial charge on any atom is -0.293 e. The largest absolute Gasteiger partial charge is 0.296 e. The van der Waals surface area contributed by atoms with Crippen LogP contribution in [0.4, 0.5) is 11.4 Å². The Bertz CT molecular complexity index is 1090. The van der Waals surface area contributed by atoms with Crippen LogP contribution in [0.25, 0.3) is 0 Å². The summed E-state index contributed by atoms with van der Waals surface area (Å²) in [4.78, 5) is 22.3. The van der Waals surface area contributed by atoms with E-state index in [1.54, 1.807) is 6.07 Å². The summed E-state index contributed by atoms with van der Waals surface area (Å²) in [7, 11) is -4.14. The van der Waals surface area contributed by atoms with Crippen LogP contribution in [0.5, 0.6) is 0 Å². The number of nitro benzene ring substituents is 1. The fraction of sp³-hybridized carbons (Fsp3) is 0. The summed E-state index contributed by atoms with van der Waals surface area (Å²) in [6, 6.07) is 5.69. The minimum atomic E-state index is -4.14. The number of para-hydroxylation sites is 1. The molecule has 26 heavy (non-hydrogen) atoms. The van der Waals surface area contributed by atoms with Gasteiger partial charge in [-0.05, 0) is 29.9 Å². The molecular weight excluding hydrogens is 362 g/mol. The first-order valence-electron chi connectivity index (χ1n) is 7.15. The normalized spacial score (nSPS) is 16.9. The number of fused-ring (bicyclic) bond motifs is 1. The van der Waals surface area contributed by atoms with Crippen molar-refractivity contribution in [2.45, 2.75) is 0 Å². The SMILES string of the molecule is O=C1C=CC2=CC(=S(=O)(O)O)C=CC2=C1N=Nc1ccccc1[N+](=O)[O-]. The molecule has 0 atom stereocenters.